The van der Waals surface area contributed by atoms with Crippen LogP contribution in [0, 0.1) is 0 Å². The molecule has 0 aliphatic heterocycles. The highest BCUT2D eigenvalue weighted by Gasteiger charge is 2.30. The average Bonchev–Trinajstić information content (AvgIpc) is 2.68. The van der Waals surface area contributed by atoms with Crippen LogP contribution in [0.3, 0.4) is 0 Å². The Balaban J connectivity index is 1.95. The molecule has 3 aromatic rings. The lowest BCUT2D eigenvalue weighted by Crippen LogP contribution is -2.21. The summed E-state index contributed by atoms with van der Waals surface area (Å²) in [4.78, 5) is 0. The van der Waals surface area contributed by atoms with Crippen LogP contribution in [0.15, 0.2) is 91.0 Å². The quantitative estimate of drug-likeness (QED) is 0.608. The molecule has 0 radical (unpaired) electrons. The first-order valence-corrected chi connectivity index (χ1v) is 12.6. The molecule has 2 nitrogen and oxygen atoms in total. The van der Waals surface area contributed by atoms with Gasteiger partial charge in [-0.15, -0.1) is 0 Å². The molecule has 4 heteroatoms. The summed E-state index contributed by atoms with van der Waals surface area (Å²) in [5.41, 5.74) is 0. The largest absolute Gasteiger partial charge is 0.319 e. The fraction of sp³-hybridized carbons (Fsp3) is 0.143. The highest BCUT2D eigenvalue weighted by atomic mass is 31.2. The van der Waals surface area contributed by atoms with Crippen LogP contribution in [-0.4, -0.2) is 19.0 Å². The standard InChI is InChI=1S/C21H22O2P2/c1-24(22,19-11-5-2-6-12-19)17-18-25(23,20-13-7-3-8-14-20)21-15-9-4-10-16-21/h2-16H,17-18H2,1H3. The second-order valence-corrected chi connectivity index (χ2v) is 12.4. The Morgan fingerprint density at radius 3 is 1.32 bits per heavy atom. The maximum absolute atomic E-state index is 14.0. The molecule has 0 amide bonds. The topological polar surface area (TPSA) is 34.1 Å². The molecule has 0 saturated carbocycles. The van der Waals surface area contributed by atoms with Crippen molar-refractivity contribution >= 4 is 30.2 Å². The van der Waals surface area contributed by atoms with Gasteiger partial charge < -0.3 is 9.13 Å². The Kier molecular flexibility index (Phi) is 5.42. The molecule has 0 N–H and O–H groups in total. The van der Waals surface area contributed by atoms with Crippen molar-refractivity contribution in [3.63, 3.8) is 0 Å². The van der Waals surface area contributed by atoms with E-state index in [1.54, 1.807) is 6.66 Å². The summed E-state index contributed by atoms with van der Waals surface area (Å²) in [6.45, 7) is 1.79. The van der Waals surface area contributed by atoms with Crippen LogP contribution in [-0.2, 0) is 9.13 Å². The fourth-order valence-corrected chi connectivity index (χ4v) is 8.79. The average molecular weight is 368 g/mol. The first kappa shape index (κ1) is 17.9. The van der Waals surface area contributed by atoms with E-state index in [1.807, 2.05) is 91.0 Å². The highest BCUT2D eigenvalue weighted by molar-refractivity contribution is 7.80. The summed E-state index contributed by atoms with van der Waals surface area (Å²) in [7, 11) is -5.37. The molecule has 0 fully saturated rings. The lowest BCUT2D eigenvalue weighted by atomic mass is 10.4. The lowest BCUT2D eigenvalue weighted by molar-refractivity contribution is 0.580. The zero-order valence-electron chi connectivity index (χ0n) is 14.3. The fourth-order valence-electron chi connectivity index (χ4n) is 2.95. The van der Waals surface area contributed by atoms with E-state index in [4.69, 9.17) is 0 Å². The summed E-state index contributed by atoms with van der Waals surface area (Å²) in [5.74, 6) is 0. The zero-order chi connectivity index (χ0) is 17.8. The third-order valence-corrected chi connectivity index (χ3v) is 10.4. The normalized spacial score (nSPS) is 14.0. The van der Waals surface area contributed by atoms with Crippen LogP contribution in [0.5, 0.6) is 0 Å². The SMILES string of the molecule is CP(=O)(CCP(=O)(c1ccccc1)c1ccccc1)c1ccccc1. The third kappa shape index (κ3) is 4.03. The summed E-state index contributed by atoms with van der Waals surface area (Å²) in [6, 6.07) is 28.7. The number of hydrogen-bond acceptors (Lipinski definition) is 2. The monoisotopic (exact) mass is 368 g/mol. The molecular formula is C21H22O2P2. The molecule has 1 unspecified atom stereocenters. The summed E-state index contributed by atoms with van der Waals surface area (Å²) in [5, 5.41) is 2.51. The van der Waals surface area contributed by atoms with Gasteiger partial charge >= 0.3 is 0 Å². The molecule has 0 aromatic heterocycles. The van der Waals surface area contributed by atoms with Crippen LogP contribution >= 0.6 is 14.3 Å². The van der Waals surface area contributed by atoms with Gasteiger partial charge in [-0.2, -0.15) is 0 Å². The van der Waals surface area contributed by atoms with Gasteiger partial charge in [-0.05, 0) is 6.66 Å². The minimum atomic E-state index is -2.81. The Morgan fingerprint density at radius 1 is 0.560 bits per heavy atom. The van der Waals surface area contributed by atoms with Crippen LogP contribution in [0.2, 0.25) is 0 Å². The highest BCUT2D eigenvalue weighted by Crippen LogP contribution is 2.49. The molecule has 3 aromatic carbocycles. The summed E-state index contributed by atoms with van der Waals surface area (Å²) < 4.78 is 27.2. The molecule has 0 aliphatic rings. The van der Waals surface area contributed by atoms with Crippen molar-refractivity contribution < 1.29 is 9.13 Å². The van der Waals surface area contributed by atoms with Crippen LogP contribution < -0.4 is 15.9 Å². The van der Waals surface area contributed by atoms with E-state index in [-0.39, 0.29) is 0 Å². The van der Waals surface area contributed by atoms with Gasteiger partial charge in [0.05, 0.1) is 0 Å². The number of hydrogen-bond donors (Lipinski definition) is 0. The van der Waals surface area contributed by atoms with Crippen LogP contribution in [0.1, 0.15) is 0 Å². The molecule has 0 heterocycles. The van der Waals surface area contributed by atoms with E-state index >= 15 is 0 Å². The van der Waals surface area contributed by atoms with E-state index < -0.39 is 14.3 Å². The van der Waals surface area contributed by atoms with Gasteiger partial charge in [0.15, 0.2) is 0 Å². The molecule has 3 rings (SSSR count). The van der Waals surface area contributed by atoms with Crippen molar-refractivity contribution in [3.8, 4) is 0 Å². The predicted octanol–water partition coefficient (Wildman–Crippen LogP) is 4.32. The van der Waals surface area contributed by atoms with E-state index in [0.29, 0.717) is 12.3 Å². The van der Waals surface area contributed by atoms with E-state index in [2.05, 4.69) is 0 Å². The Labute approximate surface area is 149 Å². The maximum Gasteiger partial charge on any atom is 0.143 e. The van der Waals surface area contributed by atoms with E-state index in [1.165, 1.54) is 0 Å². The number of benzene rings is 3. The molecule has 0 aliphatic carbocycles. The van der Waals surface area contributed by atoms with Gasteiger partial charge in [-0.1, -0.05) is 91.0 Å². The smallest absolute Gasteiger partial charge is 0.143 e. The molecule has 0 spiro atoms. The van der Waals surface area contributed by atoms with E-state index in [9.17, 15) is 9.13 Å². The van der Waals surface area contributed by atoms with Crippen molar-refractivity contribution in [1.82, 2.24) is 0 Å². The second kappa shape index (κ2) is 7.56. The van der Waals surface area contributed by atoms with Gasteiger partial charge in [0.25, 0.3) is 0 Å². The lowest BCUT2D eigenvalue weighted by Gasteiger charge is -2.22. The van der Waals surface area contributed by atoms with E-state index in [0.717, 1.165) is 15.9 Å². The molecule has 128 valence electrons. The minimum absolute atomic E-state index is 0.406. The Hall–Kier alpha value is -1.88. The summed E-state index contributed by atoms with van der Waals surface area (Å²) >= 11 is 0. The van der Waals surface area contributed by atoms with Gasteiger partial charge in [-0.25, -0.2) is 0 Å². The first-order valence-electron chi connectivity index (χ1n) is 8.35. The first-order chi connectivity index (χ1) is 12.0. The van der Waals surface area contributed by atoms with Gasteiger partial charge in [0, 0.05) is 28.2 Å². The van der Waals surface area contributed by atoms with Gasteiger partial charge in [-0.3, -0.25) is 0 Å². The Morgan fingerprint density at radius 2 is 0.920 bits per heavy atom. The molecule has 0 bridgehead atoms. The Bertz CT molecular complexity index is 863. The van der Waals surface area contributed by atoms with Crippen LogP contribution in [0.25, 0.3) is 0 Å². The van der Waals surface area contributed by atoms with Crippen molar-refractivity contribution in [2.24, 2.45) is 0 Å². The molecule has 1 atom stereocenters. The van der Waals surface area contributed by atoms with Crippen molar-refractivity contribution in [2.45, 2.75) is 0 Å². The predicted molar refractivity (Wildman–Crippen MR) is 109 cm³/mol. The maximum atomic E-state index is 14.0. The minimum Gasteiger partial charge on any atom is -0.319 e. The van der Waals surface area contributed by atoms with Crippen molar-refractivity contribution in [2.75, 3.05) is 19.0 Å². The second-order valence-electron chi connectivity index (χ2n) is 6.29. The van der Waals surface area contributed by atoms with Gasteiger partial charge in [0.1, 0.15) is 14.3 Å². The zero-order valence-corrected chi connectivity index (χ0v) is 16.1. The molecule has 0 saturated heterocycles. The summed E-state index contributed by atoms with van der Waals surface area (Å²) in [6.07, 6.45) is 0.835. The van der Waals surface area contributed by atoms with Gasteiger partial charge in [0.2, 0.25) is 0 Å². The molecular weight excluding hydrogens is 346 g/mol. The number of rotatable bonds is 6. The van der Waals surface area contributed by atoms with Crippen LogP contribution in [0.4, 0.5) is 0 Å². The van der Waals surface area contributed by atoms with Crippen molar-refractivity contribution in [1.29, 1.82) is 0 Å². The van der Waals surface area contributed by atoms with Crippen molar-refractivity contribution in [3.05, 3.63) is 91.0 Å². The molecule has 25 heavy (non-hydrogen) atoms. The third-order valence-electron chi connectivity index (χ3n) is 4.49.